The van der Waals surface area contributed by atoms with E-state index in [0.29, 0.717) is 6.04 Å². The molecule has 2 nitrogen and oxygen atoms in total. The summed E-state index contributed by atoms with van der Waals surface area (Å²) < 4.78 is 0. The van der Waals surface area contributed by atoms with Crippen molar-refractivity contribution in [2.45, 2.75) is 56.5 Å². The van der Waals surface area contributed by atoms with Crippen LogP contribution < -0.4 is 5.32 Å². The second kappa shape index (κ2) is 5.29. The summed E-state index contributed by atoms with van der Waals surface area (Å²) in [6.45, 7) is 2.25. The first-order chi connectivity index (χ1) is 12.3. The van der Waals surface area contributed by atoms with Crippen LogP contribution in [0.15, 0.2) is 24.3 Å². The molecule has 0 atom stereocenters. The SMILES string of the molecule is S=C1c2ccccc2C2(CCNCC2)N1C1C2CC3CC(C2)CC1C3. The van der Waals surface area contributed by atoms with Crippen molar-refractivity contribution in [3.63, 3.8) is 0 Å². The van der Waals surface area contributed by atoms with Gasteiger partial charge in [0.05, 0.1) is 5.54 Å². The maximum atomic E-state index is 6.15. The Kier molecular flexibility index (Phi) is 3.21. The van der Waals surface area contributed by atoms with E-state index in [2.05, 4.69) is 34.5 Å². The molecule has 1 spiro atoms. The third-order valence-electron chi connectivity index (χ3n) is 8.24. The van der Waals surface area contributed by atoms with Gasteiger partial charge in [-0.1, -0.05) is 36.5 Å². The second-order valence-corrected chi connectivity index (χ2v) is 9.81. The van der Waals surface area contributed by atoms with E-state index in [1.54, 1.807) is 0 Å². The molecule has 1 N–H and O–H groups in total. The molecule has 3 heteroatoms. The summed E-state index contributed by atoms with van der Waals surface area (Å²) in [5, 5.41) is 3.60. The van der Waals surface area contributed by atoms with E-state index >= 15 is 0 Å². The van der Waals surface area contributed by atoms with Gasteiger partial charge in [0.15, 0.2) is 0 Å². The number of thiocarbonyl (C=S) groups is 1. The number of hydrogen-bond acceptors (Lipinski definition) is 2. The number of hydrogen-bond donors (Lipinski definition) is 1. The normalized spacial score (nSPS) is 40.7. The van der Waals surface area contributed by atoms with Crippen LogP contribution in [0.25, 0.3) is 0 Å². The number of fused-ring (bicyclic) bond motifs is 2. The smallest absolute Gasteiger partial charge is 0.110 e. The minimum atomic E-state index is 0.180. The second-order valence-electron chi connectivity index (χ2n) is 9.42. The molecule has 1 saturated heterocycles. The van der Waals surface area contributed by atoms with Gasteiger partial charge in [-0.2, -0.15) is 0 Å². The Morgan fingerprint density at radius 3 is 2.24 bits per heavy atom. The summed E-state index contributed by atoms with van der Waals surface area (Å²) in [6, 6.07) is 9.79. The minimum Gasteiger partial charge on any atom is -0.349 e. The first-order valence-electron chi connectivity index (χ1n) is 10.4. The van der Waals surface area contributed by atoms with Crippen molar-refractivity contribution in [2.24, 2.45) is 23.7 Å². The number of piperidine rings is 1. The predicted octanol–water partition coefficient (Wildman–Crippen LogP) is 4.08. The molecule has 4 aliphatic carbocycles. The lowest BCUT2D eigenvalue weighted by atomic mass is 9.53. The van der Waals surface area contributed by atoms with Crippen molar-refractivity contribution < 1.29 is 0 Å². The molecule has 5 fully saturated rings. The first kappa shape index (κ1) is 15.2. The van der Waals surface area contributed by atoms with E-state index in [-0.39, 0.29) is 5.54 Å². The molecule has 7 rings (SSSR count). The summed E-state index contributed by atoms with van der Waals surface area (Å²) in [5.74, 6) is 3.85. The molecule has 0 aromatic heterocycles. The van der Waals surface area contributed by atoms with Crippen LogP contribution in [0.2, 0.25) is 0 Å². The van der Waals surface area contributed by atoms with E-state index in [4.69, 9.17) is 12.2 Å². The van der Waals surface area contributed by atoms with Gasteiger partial charge in [-0.25, -0.2) is 0 Å². The van der Waals surface area contributed by atoms with Gasteiger partial charge in [0.25, 0.3) is 0 Å². The molecule has 0 radical (unpaired) electrons. The van der Waals surface area contributed by atoms with Gasteiger partial charge < -0.3 is 10.2 Å². The topological polar surface area (TPSA) is 15.3 Å². The highest BCUT2D eigenvalue weighted by molar-refractivity contribution is 7.80. The zero-order valence-corrected chi connectivity index (χ0v) is 15.7. The van der Waals surface area contributed by atoms with Crippen molar-refractivity contribution in [3.8, 4) is 0 Å². The lowest BCUT2D eigenvalue weighted by Gasteiger charge is -2.60. The summed E-state index contributed by atoms with van der Waals surface area (Å²) >= 11 is 6.15. The Labute approximate surface area is 156 Å². The fraction of sp³-hybridized carbons (Fsp3) is 0.682. The van der Waals surface area contributed by atoms with Crippen molar-refractivity contribution in [1.29, 1.82) is 0 Å². The van der Waals surface area contributed by atoms with Gasteiger partial charge in [0, 0.05) is 11.6 Å². The average Bonchev–Trinajstić information content (AvgIpc) is 2.85. The summed E-state index contributed by atoms with van der Waals surface area (Å²) in [6.07, 6.45) is 9.85. The number of rotatable bonds is 1. The minimum absolute atomic E-state index is 0.180. The van der Waals surface area contributed by atoms with Crippen LogP contribution in [0.4, 0.5) is 0 Å². The molecule has 25 heavy (non-hydrogen) atoms. The summed E-state index contributed by atoms with van der Waals surface area (Å²) in [7, 11) is 0. The van der Waals surface area contributed by atoms with Crippen LogP contribution in [-0.2, 0) is 5.54 Å². The molecule has 2 heterocycles. The van der Waals surface area contributed by atoms with Crippen LogP contribution in [0.5, 0.6) is 0 Å². The Balaban J connectivity index is 1.47. The molecule has 2 aliphatic heterocycles. The van der Waals surface area contributed by atoms with Crippen molar-refractivity contribution in [3.05, 3.63) is 35.4 Å². The molecule has 4 saturated carbocycles. The molecule has 6 aliphatic rings. The number of nitrogens with zero attached hydrogens (tertiary/aromatic N) is 1. The highest BCUT2D eigenvalue weighted by Crippen LogP contribution is 2.59. The van der Waals surface area contributed by atoms with Gasteiger partial charge in [0.1, 0.15) is 4.99 Å². The lowest BCUT2D eigenvalue weighted by Crippen LogP contribution is -2.62. The largest absolute Gasteiger partial charge is 0.349 e. The molecule has 0 unspecified atom stereocenters. The number of benzene rings is 1. The molecule has 1 aromatic rings. The fourth-order valence-electron chi connectivity index (χ4n) is 7.62. The fourth-order valence-corrected chi connectivity index (χ4v) is 8.09. The van der Waals surface area contributed by atoms with Crippen molar-refractivity contribution in [2.75, 3.05) is 13.1 Å². The van der Waals surface area contributed by atoms with E-state index < -0.39 is 0 Å². The van der Waals surface area contributed by atoms with E-state index in [1.165, 1.54) is 61.1 Å². The van der Waals surface area contributed by atoms with E-state index in [9.17, 15) is 0 Å². The van der Waals surface area contributed by atoms with Crippen LogP contribution >= 0.6 is 12.2 Å². The van der Waals surface area contributed by atoms with Gasteiger partial charge in [-0.05, 0) is 87.3 Å². The van der Waals surface area contributed by atoms with Gasteiger partial charge >= 0.3 is 0 Å². The Morgan fingerprint density at radius 1 is 0.920 bits per heavy atom. The number of nitrogens with one attached hydrogen (secondary N) is 1. The quantitative estimate of drug-likeness (QED) is 0.767. The summed E-state index contributed by atoms with van der Waals surface area (Å²) in [5.41, 5.74) is 3.09. The van der Waals surface area contributed by atoms with E-state index in [1.807, 2.05) is 0 Å². The molecular weight excluding hydrogens is 324 g/mol. The monoisotopic (exact) mass is 352 g/mol. The maximum absolute atomic E-state index is 6.15. The van der Waals surface area contributed by atoms with Crippen LogP contribution in [0.3, 0.4) is 0 Å². The Bertz CT molecular complexity index is 692. The van der Waals surface area contributed by atoms with Gasteiger partial charge in [0.2, 0.25) is 0 Å². The third kappa shape index (κ3) is 1.97. The standard InChI is InChI=1S/C22H28N2S/c25-21-18-3-1-2-4-19(18)22(5-7-23-8-6-22)24(21)20-16-10-14-9-15(12-16)13-17(20)11-14/h1-4,14-17,20,23H,5-13H2. The predicted molar refractivity (Wildman–Crippen MR) is 105 cm³/mol. The first-order valence-corrected chi connectivity index (χ1v) is 10.8. The highest BCUT2D eigenvalue weighted by atomic mass is 32.1. The van der Waals surface area contributed by atoms with Crippen molar-refractivity contribution >= 4 is 17.2 Å². The van der Waals surface area contributed by atoms with Crippen LogP contribution in [0.1, 0.15) is 56.1 Å². The zero-order chi connectivity index (χ0) is 16.6. The van der Waals surface area contributed by atoms with Crippen LogP contribution in [0, 0.1) is 23.7 Å². The Hall–Kier alpha value is -0.930. The highest BCUT2D eigenvalue weighted by Gasteiger charge is 2.57. The van der Waals surface area contributed by atoms with Crippen LogP contribution in [-0.4, -0.2) is 29.0 Å². The molecule has 1 aromatic carbocycles. The lowest BCUT2D eigenvalue weighted by molar-refractivity contribution is -0.0754. The zero-order valence-electron chi connectivity index (χ0n) is 14.9. The molecule has 4 bridgehead atoms. The molecular formula is C22H28N2S. The Morgan fingerprint density at radius 2 is 1.56 bits per heavy atom. The maximum Gasteiger partial charge on any atom is 0.110 e. The van der Waals surface area contributed by atoms with Gasteiger partial charge in [-0.3, -0.25) is 0 Å². The van der Waals surface area contributed by atoms with E-state index in [0.717, 1.165) is 36.8 Å². The van der Waals surface area contributed by atoms with Gasteiger partial charge in [-0.15, -0.1) is 0 Å². The van der Waals surface area contributed by atoms with Crippen molar-refractivity contribution in [1.82, 2.24) is 10.2 Å². The summed E-state index contributed by atoms with van der Waals surface area (Å²) in [4.78, 5) is 4.00. The molecule has 132 valence electrons. The average molecular weight is 353 g/mol. The molecule has 0 amide bonds. The third-order valence-corrected chi connectivity index (χ3v) is 8.66.